The van der Waals surface area contributed by atoms with Crippen LogP contribution in [-0.2, 0) is 28.4 Å². The van der Waals surface area contributed by atoms with Crippen LogP contribution >= 0.6 is 11.6 Å². The predicted molar refractivity (Wildman–Crippen MR) is 238 cm³/mol. The highest BCUT2D eigenvalue weighted by atomic mass is 35.5. The number of aromatic nitrogens is 2. The van der Waals surface area contributed by atoms with E-state index in [2.05, 4.69) is 27.8 Å². The Morgan fingerprint density at radius 3 is 2.02 bits per heavy atom. The second kappa shape index (κ2) is 18.3. The highest BCUT2D eigenvalue weighted by Crippen LogP contribution is 2.45. The number of nitrogens with one attached hydrogen (secondary N) is 4. The van der Waals surface area contributed by atoms with Crippen LogP contribution in [0.1, 0.15) is 51.7 Å². The predicted octanol–water partition coefficient (Wildman–Crippen LogP) is 8.61. The van der Waals surface area contributed by atoms with E-state index in [0.717, 1.165) is 22.1 Å². The van der Waals surface area contributed by atoms with E-state index in [4.69, 9.17) is 16.3 Å². The molecule has 61 heavy (non-hydrogen) atoms. The number of rotatable bonds is 14. The SMILES string of the molecule is C=CCOC(=O)Nc1ccc(NC(=O)c2cc(-c3ccc(NC(=O)c4cc(NC(=O)CCCC(=O)N5C[C@@H](CCl)c6c5cc(O)c5ccccc65)cn4C)cc3)cn2C)cc1. The van der Waals surface area contributed by atoms with Gasteiger partial charge in [0, 0.05) is 91.8 Å². The van der Waals surface area contributed by atoms with Gasteiger partial charge in [0.1, 0.15) is 23.7 Å². The fourth-order valence-corrected chi connectivity index (χ4v) is 7.67. The smallest absolute Gasteiger partial charge is 0.411 e. The van der Waals surface area contributed by atoms with Crippen LogP contribution in [0.4, 0.5) is 33.2 Å². The minimum atomic E-state index is -0.610. The van der Waals surface area contributed by atoms with E-state index in [9.17, 15) is 29.1 Å². The molecule has 5 N–H and O–H groups in total. The number of alkyl halides is 1. The monoisotopic (exact) mass is 841 g/mol. The lowest BCUT2D eigenvalue weighted by Crippen LogP contribution is -2.30. The topological polar surface area (TPSA) is 176 Å². The van der Waals surface area contributed by atoms with Crippen molar-refractivity contribution in [3.05, 3.63) is 133 Å². The molecule has 0 saturated heterocycles. The number of carbonyl (C=O) groups is 5. The summed E-state index contributed by atoms with van der Waals surface area (Å²) in [5.41, 5.74) is 6.01. The zero-order chi connectivity index (χ0) is 43.2. The molecule has 0 radical (unpaired) electrons. The van der Waals surface area contributed by atoms with Crippen molar-refractivity contribution in [2.75, 3.05) is 45.2 Å². The molecule has 0 unspecified atom stereocenters. The molecule has 1 aliphatic rings. The molecule has 0 saturated carbocycles. The molecule has 1 aliphatic heterocycles. The van der Waals surface area contributed by atoms with Crippen LogP contribution in [-0.4, -0.2) is 63.0 Å². The number of amides is 5. The van der Waals surface area contributed by atoms with Crippen molar-refractivity contribution >= 4 is 80.5 Å². The molecular formula is C46H44ClN7O7. The number of phenolic OH excluding ortho intramolecular Hbond substituents is 1. The first-order chi connectivity index (χ1) is 29.4. The lowest BCUT2D eigenvalue weighted by atomic mass is 9.95. The molecule has 7 rings (SSSR count). The van der Waals surface area contributed by atoms with Gasteiger partial charge < -0.3 is 39.8 Å². The van der Waals surface area contributed by atoms with Gasteiger partial charge in [-0.3, -0.25) is 24.5 Å². The van der Waals surface area contributed by atoms with Crippen molar-refractivity contribution in [3.8, 4) is 16.9 Å². The molecule has 0 fully saturated rings. The van der Waals surface area contributed by atoms with Crippen LogP contribution in [0.15, 0.2) is 116 Å². The average Bonchev–Trinajstić information content (AvgIpc) is 3.95. The molecule has 4 aromatic carbocycles. The van der Waals surface area contributed by atoms with Crippen LogP contribution < -0.4 is 26.2 Å². The Morgan fingerprint density at radius 1 is 0.754 bits per heavy atom. The highest BCUT2D eigenvalue weighted by Gasteiger charge is 2.34. The van der Waals surface area contributed by atoms with Crippen molar-refractivity contribution in [1.82, 2.24) is 9.13 Å². The number of nitrogens with zero attached hydrogens (tertiary/aromatic N) is 3. The van der Waals surface area contributed by atoms with E-state index >= 15 is 0 Å². The van der Waals surface area contributed by atoms with E-state index in [1.807, 2.05) is 42.6 Å². The Balaban J connectivity index is 0.893. The van der Waals surface area contributed by atoms with Gasteiger partial charge in [-0.2, -0.15) is 0 Å². The van der Waals surface area contributed by atoms with Gasteiger partial charge in [-0.25, -0.2) is 4.79 Å². The summed E-state index contributed by atoms with van der Waals surface area (Å²) in [6, 6.07) is 26.3. The lowest BCUT2D eigenvalue weighted by Gasteiger charge is -2.18. The summed E-state index contributed by atoms with van der Waals surface area (Å²) in [6.45, 7) is 4.00. The van der Waals surface area contributed by atoms with Gasteiger partial charge in [-0.05, 0) is 71.5 Å². The normalized spacial score (nSPS) is 13.0. The van der Waals surface area contributed by atoms with Crippen molar-refractivity contribution in [1.29, 1.82) is 0 Å². The Labute approximate surface area is 356 Å². The van der Waals surface area contributed by atoms with E-state index in [1.54, 1.807) is 88.9 Å². The molecule has 3 heterocycles. The second-order valence-corrected chi connectivity index (χ2v) is 15.0. The first-order valence-electron chi connectivity index (χ1n) is 19.5. The van der Waals surface area contributed by atoms with Crippen LogP contribution in [0.25, 0.3) is 21.9 Å². The van der Waals surface area contributed by atoms with Crippen LogP contribution in [0.3, 0.4) is 0 Å². The number of aryl methyl sites for hydroxylation is 2. The summed E-state index contributed by atoms with van der Waals surface area (Å²) >= 11 is 6.32. The van der Waals surface area contributed by atoms with Gasteiger partial charge in [0.05, 0.1) is 11.4 Å². The molecule has 1 atom stereocenters. The molecule has 0 bridgehead atoms. The summed E-state index contributed by atoms with van der Waals surface area (Å²) in [5.74, 6) is -0.795. The van der Waals surface area contributed by atoms with Gasteiger partial charge in [-0.15, -0.1) is 11.6 Å². The number of anilines is 5. The third-order valence-electron chi connectivity index (χ3n) is 10.4. The fraction of sp³-hybridized carbons (Fsp3) is 0.196. The van der Waals surface area contributed by atoms with Crippen LogP contribution in [0.2, 0.25) is 0 Å². The number of hydrogen-bond donors (Lipinski definition) is 5. The van der Waals surface area contributed by atoms with Gasteiger partial charge in [0.15, 0.2) is 0 Å². The molecule has 14 nitrogen and oxygen atoms in total. The number of fused-ring (bicyclic) bond motifs is 3. The Morgan fingerprint density at radius 2 is 1.36 bits per heavy atom. The summed E-state index contributed by atoms with van der Waals surface area (Å²) in [4.78, 5) is 66.1. The van der Waals surface area contributed by atoms with Gasteiger partial charge in [0.2, 0.25) is 11.8 Å². The number of hydrogen-bond acceptors (Lipinski definition) is 7. The minimum Gasteiger partial charge on any atom is -0.507 e. The Bertz CT molecular complexity index is 2650. The molecule has 0 spiro atoms. The molecule has 2 aromatic heterocycles. The summed E-state index contributed by atoms with van der Waals surface area (Å²) < 4.78 is 8.25. The van der Waals surface area contributed by atoms with Crippen molar-refractivity contribution < 1.29 is 33.8 Å². The molecule has 6 aromatic rings. The van der Waals surface area contributed by atoms with Gasteiger partial charge in [0.25, 0.3) is 11.8 Å². The number of ether oxygens (including phenoxy) is 1. The molecule has 0 aliphatic carbocycles. The van der Waals surface area contributed by atoms with E-state index in [1.165, 1.54) is 6.08 Å². The second-order valence-electron chi connectivity index (χ2n) is 14.7. The number of carbonyl (C=O) groups excluding carboxylic acids is 5. The number of aromatic hydroxyl groups is 1. The zero-order valence-electron chi connectivity index (χ0n) is 33.5. The van der Waals surface area contributed by atoms with Crippen molar-refractivity contribution in [2.24, 2.45) is 14.1 Å². The highest BCUT2D eigenvalue weighted by molar-refractivity contribution is 6.19. The van der Waals surface area contributed by atoms with Crippen LogP contribution in [0.5, 0.6) is 5.75 Å². The maximum atomic E-state index is 13.4. The third kappa shape index (κ3) is 9.45. The summed E-state index contributed by atoms with van der Waals surface area (Å²) in [5, 5.41) is 23.4. The maximum absolute atomic E-state index is 13.4. The molecule has 15 heteroatoms. The maximum Gasteiger partial charge on any atom is 0.411 e. The summed E-state index contributed by atoms with van der Waals surface area (Å²) in [6.07, 6.45) is 4.86. The molecule has 5 amide bonds. The lowest BCUT2D eigenvalue weighted by molar-refractivity contribution is -0.119. The van der Waals surface area contributed by atoms with Crippen molar-refractivity contribution in [2.45, 2.75) is 25.2 Å². The average molecular weight is 842 g/mol. The molecule has 312 valence electrons. The Kier molecular flexibility index (Phi) is 12.5. The van der Waals surface area contributed by atoms with Gasteiger partial charge >= 0.3 is 6.09 Å². The third-order valence-corrected chi connectivity index (χ3v) is 10.8. The minimum absolute atomic E-state index is 0.0749. The number of halogens is 1. The largest absolute Gasteiger partial charge is 0.507 e. The number of benzene rings is 4. The van der Waals surface area contributed by atoms with Crippen LogP contribution in [0, 0.1) is 0 Å². The quantitative estimate of drug-likeness (QED) is 0.0539. The fourth-order valence-electron chi connectivity index (χ4n) is 7.42. The molecular weight excluding hydrogens is 798 g/mol. The van der Waals surface area contributed by atoms with Crippen molar-refractivity contribution in [3.63, 3.8) is 0 Å². The van der Waals surface area contributed by atoms with Gasteiger partial charge in [-0.1, -0.05) is 49.1 Å². The Hall–Kier alpha value is -7.32. The zero-order valence-corrected chi connectivity index (χ0v) is 34.3. The first-order valence-corrected chi connectivity index (χ1v) is 20.1. The van der Waals surface area contributed by atoms with E-state index in [-0.39, 0.29) is 54.7 Å². The summed E-state index contributed by atoms with van der Waals surface area (Å²) in [7, 11) is 3.48. The van der Waals surface area contributed by atoms with E-state index < -0.39 is 6.09 Å². The first kappa shape index (κ1) is 41.8. The van der Waals surface area contributed by atoms with E-state index in [0.29, 0.717) is 64.1 Å². The number of phenols is 1. The standard InChI is InChI=1S/C46H44ClN7O7/c1-4-20-61-46(60)51-33-18-16-32(17-19-33)50-44(58)38-21-29(25-52(38)2)28-12-14-31(15-13-28)49-45(59)39-22-34(27-53(39)3)48-41(56)10-7-11-42(57)54-26-30(24-47)43-36-9-6-5-8-35(36)40(55)23-37(43)54/h4-6,8-9,12-19,21-23,25,27,30,55H,1,7,10-11,20,24,26H2,2-3H3,(H,48,56)(H,49,59)(H,50,58)(H,51,60)/t30-/m1/s1.